The number of halogens is 1. The Labute approximate surface area is 204 Å². The van der Waals surface area contributed by atoms with Crippen molar-refractivity contribution in [2.75, 3.05) is 25.0 Å². The summed E-state index contributed by atoms with van der Waals surface area (Å²) in [6.45, 7) is 0.120. The fraction of sp³-hybridized carbons (Fsp3) is 0.217. The van der Waals surface area contributed by atoms with E-state index in [1.54, 1.807) is 42.5 Å². The molecule has 0 fully saturated rings. The summed E-state index contributed by atoms with van der Waals surface area (Å²) in [5, 5.41) is 15.9. The van der Waals surface area contributed by atoms with Crippen LogP contribution in [-0.4, -0.2) is 37.4 Å². The van der Waals surface area contributed by atoms with Crippen LogP contribution in [0.25, 0.3) is 0 Å². The average molecular weight is 500 g/mol. The first-order chi connectivity index (χ1) is 16.4. The molecule has 2 amide bonds. The van der Waals surface area contributed by atoms with Gasteiger partial charge in [0, 0.05) is 22.7 Å². The number of hydrogen-bond acceptors (Lipinski definition) is 8. The van der Waals surface area contributed by atoms with E-state index in [1.165, 1.54) is 7.11 Å². The smallest absolute Gasteiger partial charge is 0.319 e. The van der Waals surface area contributed by atoms with Crippen molar-refractivity contribution in [2.24, 2.45) is 5.92 Å². The van der Waals surface area contributed by atoms with Crippen molar-refractivity contribution < 1.29 is 28.6 Å². The van der Waals surface area contributed by atoms with Gasteiger partial charge in [-0.1, -0.05) is 35.5 Å². The number of rotatable bonds is 6. The van der Waals surface area contributed by atoms with Gasteiger partial charge in [0.2, 0.25) is 18.6 Å². The lowest BCUT2D eigenvalue weighted by Crippen LogP contribution is -2.44. The Kier molecular flexibility index (Phi) is 6.95. The zero-order chi connectivity index (χ0) is 24.2. The largest absolute Gasteiger partial charge is 0.468 e. The average Bonchev–Trinajstić information content (AvgIpc) is 3.30. The highest BCUT2D eigenvalue weighted by molar-refractivity contribution is 8.03. The van der Waals surface area contributed by atoms with Crippen LogP contribution in [0.2, 0.25) is 5.02 Å². The molecule has 2 heterocycles. The predicted molar refractivity (Wildman–Crippen MR) is 124 cm³/mol. The number of benzene rings is 2. The lowest BCUT2D eigenvalue weighted by atomic mass is 9.78. The van der Waals surface area contributed by atoms with Crippen molar-refractivity contribution >= 4 is 46.8 Å². The van der Waals surface area contributed by atoms with E-state index in [4.69, 9.17) is 25.8 Å². The first-order valence-electron chi connectivity index (χ1n) is 10.0. The van der Waals surface area contributed by atoms with Crippen LogP contribution in [-0.2, 0) is 19.1 Å². The highest BCUT2D eigenvalue weighted by Gasteiger charge is 2.44. The van der Waals surface area contributed by atoms with Crippen LogP contribution >= 0.6 is 23.4 Å². The highest BCUT2D eigenvalue weighted by atomic mass is 35.5. The molecule has 2 aromatic rings. The molecule has 0 saturated heterocycles. The van der Waals surface area contributed by atoms with Gasteiger partial charge in [-0.2, -0.15) is 5.26 Å². The first kappa shape index (κ1) is 23.5. The normalized spacial score (nSPS) is 18.7. The number of nitrogens with one attached hydrogen (secondary N) is 2. The third-order valence-corrected chi connectivity index (χ3v) is 6.49. The summed E-state index contributed by atoms with van der Waals surface area (Å²) >= 11 is 6.96. The second-order valence-electron chi connectivity index (χ2n) is 7.28. The molecular formula is C23H18ClN3O6S. The summed E-state index contributed by atoms with van der Waals surface area (Å²) in [5.74, 6) is -2.87. The molecule has 2 N–H and O–H groups in total. The van der Waals surface area contributed by atoms with Gasteiger partial charge in [-0.15, -0.1) is 0 Å². The van der Waals surface area contributed by atoms with Gasteiger partial charge in [0.1, 0.15) is 5.92 Å². The molecule has 2 atom stereocenters. The molecule has 4 rings (SSSR count). The molecule has 0 radical (unpaired) electrons. The summed E-state index contributed by atoms with van der Waals surface area (Å²) in [6.07, 6.45) is 0. The van der Waals surface area contributed by atoms with E-state index in [-0.39, 0.29) is 29.1 Å². The standard InChI is InChI=1S/C23H18ClN3O6S/c1-31-23(30)20-19(12-2-4-13(24)5-3-12)15(9-25)22(27-21(20)29)34-10-18(28)26-14-6-7-16-17(8-14)33-11-32-16/h2-8,19-20H,10-11H2,1H3,(H,26,28)(H,27,29)/t19-,20+/m0/s1. The van der Waals surface area contributed by atoms with Crippen molar-refractivity contribution in [3.8, 4) is 17.6 Å². The topological polar surface area (TPSA) is 127 Å². The molecule has 11 heteroatoms. The van der Waals surface area contributed by atoms with Gasteiger partial charge in [-0.05, 0) is 29.8 Å². The van der Waals surface area contributed by atoms with Crippen LogP contribution in [0.1, 0.15) is 11.5 Å². The quantitative estimate of drug-likeness (QED) is 0.458. The van der Waals surface area contributed by atoms with Gasteiger partial charge in [0.15, 0.2) is 11.5 Å². The second kappa shape index (κ2) is 10.1. The summed E-state index contributed by atoms with van der Waals surface area (Å²) in [5.41, 5.74) is 1.22. The van der Waals surface area contributed by atoms with Gasteiger partial charge in [0.25, 0.3) is 0 Å². The minimum Gasteiger partial charge on any atom is -0.468 e. The Morgan fingerprint density at radius 2 is 1.97 bits per heavy atom. The maximum atomic E-state index is 12.8. The third kappa shape index (κ3) is 4.81. The summed E-state index contributed by atoms with van der Waals surface area (Å²) in [4.78, 5) is 37.8. The molecule has 0 bridgehead atoms. The van der Waals surface area contributed by atoms with Crippen LogP contribution in [0.5, 0.6) is 11.5 Å². The Morgan fingerprint density at radius 3 is 2.68 bits per heavy atom. The first-order valence-corrected chi connectivity index (χ1v) is 11.4. The number of allylic oxidation sites excluding steroid dienone is 1. The molecule has 2 aliphatic heterocycles. The van der Waals surface area contributed by atoms with Crippen LogP contribution in [0, 0.1) is 17.2 Å². The zero-order valence-corrected chi connectivity index (χ0v) is 19.4. The SMILES string of the molecule is COC(=O)[C@H]1C(=O)NC(SCC(=O)Nc2ccc3c(c2)OCO3)=C(C#N)[C@@H]1c1ccc(Cl)cc1. The highest BCUT2D eigenvalue weighted by Crippen LogP contribution is 2.40. The minimum atomic E-state index is -1.26. The number of thioether (sulfide) groups is 1. The molecule has 2 aliphatic rings. The van der Waals surface area contributed by atoms with E-state index >= 15 is 0 Å². The zero-order valence-electron chi connectivity index (χ0n) is 17.8. The number of esters is 1. The van der Waals surface area contributed by atoms with Gasteiger partial charge in [-0.25, -0.2) is 0 Å². The van der Waals surface area contributed by atoms with Gasteiger partial charge < -0.3 is 24.8 Å². The van der Waals surface area contributed by atoms with Crippen molar-refractivity contribution in [3.63, 3.8) is 0 Å². The van der Waals surface area contributed by atoms with E-state index in [0.29, 0.717) is 27.8 Å². The number of amides is 2. The van der Waals surface area contributed by atoms with Gasteiger partial charge in [-0.3, -0.25) is 14.4 Å². The molecule has 0 aliphatic carbocycles. The number of hydrogen-bond donors (Lipinski definition) is 2. The van der Waals surface area contributed by atoms with E-state index in [2.05, 4.69) is 16.7 Å². The summed E-state index contributed by atoms with van der Waals surface area (Å²) < 4.78 is 15.4. The molecule has 0 aromatic heterocycles. The second-order valence-corrected chi connectivity index (χ2v) is 8.70. The van der Waals surface area contributed by atoms with Crippen molar-refractivity contribution in [1.82, 2.24) is 5.32 Å². The Bertz CT molecular complexity index is 1220. The monoisotopic (exact) mass is 499 g/mol. The number of nitrogens with zero attached hydrogens (tertiary/aromatic N) is 1. The van der Waals surface area contributed by atoms with Gasteiger partial charge >= 0.3 is 5.97 Å². The number of carbonyl (C=O) groups is 3. The van der Waals surface area contributed by atoms with Crippen molar-refractivity contribution in [3.05, 3.63) is 63.7 Å². The molecule has 9 nitrogen and oxygen atoms in total. The molecule has 0 saturated carbocycles. The Hall–Kier alpha value is -3.68. The van der Waals surface area contributed by atoms with Crippen molar-refractivity contribution in [2.45, 2.75) is 5.92 Å². The van der Waals surface area contributed by atoms with Crippen molar-refractivity contribution in [1.29, 1.82) is 5.26 Å². The van der Waals surface area contributed by atoms with Crippen LogP contribution in [0.3, 0.4) is 0 Å². The number of fused-ring (bicyclic) bond motifs is 1. The number of anilines is 1. The predicted octanol–water partition coefficient (Wildman–Crippen LogP) is 3.18. The lowest BCUT2D eigenvalue weighted by molar-refractivity contribution is -0.150. The Morgan fingerprint density at radius 1 is 1.24 bits per heavy atom. The number of ether oxygens (including phenoxy) is 3. The van der Waals surface area contributed by atoms with E-state index in [0.717, 1.165) is 11.8 Å². The third-order valence-electron chi connectivity index (χ3n) is 5.22. The maximum absolute atomic E-state index is 12.8. The van der Waals surface area contributed by atoms with E-state index in [1.807, 2.05) is 0 Å². The fourth-order valence-electron chi connectivity index (χ4n) is 3.66. The van der Waals surface area contributed by atoms with Crippen LogP contribution in [0.4, 0.5) is 5.69 Å². The maximum Gasteiger partial charge on any atom is 0.319 e. The number of nitriles is 1. The molecular weight excluding hydrogens is 482 g/mol. The van der Waals surface area contributed by atoms with Crippen LogP contribution in [0.15, 0.2) is 53.1 Å². The minimum absolute atomic E-state index is 0.0918. The summed E-state index contributed by atoms with van der Waals surface area (Å²) in [7, 11) is 1.18. The number of carbonyl (C=O) groups excluding carboxylic acids is 3. The molecule has 2 aromatic carbocycles. The lowest BCUT2D eigenvalue weighted by Gasteiger charge is -2.30. The molecule has 0 unspecified atom stereocenters. The molecule has 174 valence electrons. The van der Waals surface area contributed by atoms with E-state index in [9.17, 15) is 19.6 Å². The van der Waals surface area contributed by atoms with E-state index < -0.39 is 23.7 Å². The summed E-state index contributed by atoms with van der Waals surface area (Å²) in [6, 6.07) is 13.6. The Balaban J connectivity index is 1.56. The van der Waals surface area contributed by atoms with Gasteiger partial charge in [0.05, 0.1) is 29.5 Å². The van der Waals surface area contributed by atoms with Crippen LogP contribution < -0.4 is 20.1 Å². The fourth-order valence-corrected chi connectivity index (χ4v) is 4.63. The molecule has 0 spiro atoms. The molecule has 34 heavy (non-hydrogen) atoms. The number of methoxy groups -OCH3 is 1.